The Hall–Kier alpha value is -1.76. The molecule has 0 aromatic carbocycles. The fraction of sp³-hybridized carbons (Fsp3) is 0.538. The van der Waals surface area contributed by atoms with Gasteiger partial charge in [0.15, 0.2) is 0 Å². The van der Waals surface area contributed by atoms with Gasteiger partial charge in [-0.2, -0.15) is 5.26 Å². The van der Waals surface area contributed by atoms with Crippen LogP contribution >= 0.6 is 0 Å². The molecule has 0 bridgehead atoms. The van der Waals surface area contributed by atoms with E-state index in [-0.39, 0.29) is 5.41 Å². The lowest BCUT2D eigenvalue weighted by atomic mass is 10.0. The Morgan fingerprint density at radius 2 is 2.35 bits per heavy atom. The molecule has 0 amide bonds. The van der Waals surface area contributed by atoms with Crippen LogP contribution in [0.3, 0.4) is 0 Å². The summed E-state index contributed by atoms with van der Waals surface area (Å²) in [5.74, 6) is 0.649. The fourth-order valence-corrected chi connectivity index (χ4v) is 1.77. The molecule has 4 heteroatoms. The fourth-order valence-electron chi connectivity index (χ4n) is 1.77. The van der Waals surface area contributed by atoms with Crippen molar-refractivity contribution in [3.05, 3.63) is 18.3 Å². The quantitative estimate of drug-likeness (QED) is 0.817. The molecule has 17 heavy (non-hydrogen) atoms. The molecule has 0 spiro atoms. The minimum Gasteiger partial charge on any atom is -0.478 e. The van der Waals surface area contributed by atoms with E-state index >= 15 is 0 Å². The van der Waals surface area contributed by atoms with Crippen LogP contribution in [0.4, 0.5) is 5.69 Å². The van der Waals surface area contributed by atoms with E-state index in [0.29, 0.717) is 18.9 Å². The highest BCUT2D eigenvalue weighted by molar-refractivity contribution is 5.42. The zero-order valence-corrected chi connectivity index (χ0v) is 10.1. The highest BCUT2D eigenvalue weighted by Gasteiger charge is 2.42. The van der Waals surface area contributed by atoms with E-state index in [1.54, 1.807) is 6.20 Å². The van der Waals surface area contributed by atoms with E-state index in [0.717, 1.165) is 25.1 Å². The maximum Gasteiger partial charge on any atom is 0.213 e. The van der Waals surface area contributed by atoms with Crippen LogP contribution in [0.5, 0.6) is 5.88 Å². The van der Waals surface area contributed by atoms with Gasteiger partial charge in [0.25, 0.3) is 0 Å². The number of nitriles is 1. The molecule has 1 aromatic rings. The summed E-state index contributed by atoms with van der Waals surface area (Å²) in [4.78, 5) is 4.19. The molecule has 90 valence electrons. The van der Waals surface area contributed by atoms with Crippen LogP contribution in [-0.4, -0.2) is 18.1 Å². The molecule has 0 atom stereocenters. The predicted octanol–water partition coefficient (Wildman–Crippen LogP) is 2.59. The number of anilines is 1. The highest BCUT2D eigenvalue weighted by atomic mass is 16.5. The summed E-state index contributed by atoms with van der Waals surface area (Å²) < 4.78 is 5.28. The number of nitrogens with one attached hydrogen (secondary N) is 1. The van der Waals surface area contributed by atoms with Crippen molar-refractivity contribution in [3.8, 4) is 11.9 Å². The molecular formula is C13H17N3O. The Morgan fingerprint density at radius 3 is 2.88 bits per heavy atom. The van der Waals surface area contributed by atoms with Crippen LogP contribution < -0.4 is 10.1 Å². The van der Waals surface area contributed by atoms with Crippen LogP contribution in [-0.2, 0) is 0 Å². The van der Waals surface area contributed by atoms with E-state index in [1.165, 1.54) is 0 Å². The lowest BCUT2D eigenvalue weighted by molar-refractivity contribution is 0.327. The number of hydrogen-bond acceptors (Lipinski definition) is 4. The third kappa shape index (κ3) is 3.10. The monoisotopic (exact) mass is 231 g/mol. The van der Waals surface area contributed by atoms with E-state index in [4.69, 9.17) is 10.00 Å². The van der Waals surface area contributed by atoms with E-state index in [2.05, 4.69) is 16.4 Å². The smallest absolute Gasteiger partial charge is 0.213 e. The summed E-state index contributed by atoms with van der Waals surface area (Å²) in [5.41, 5.74) is 1.20. The Labute approximate surface area is 102 Å². The summed E-state index contributed by atoms with van der Waals surface area (Å²) >= 11 is 0. The van der Waals surface area contributed by atoms with Gasteiger partial charge in [0.1, 0.15) is 0 Å². The molecule has 0 unspecified atom stereocenters. The largest absolute Gasteiger partial charge is 0.478 e. The lowest BCUT2D eigenvalue weighted by Gasteiger charge is -2.13. The van der Waals surface area contributed by atoms with Gasteiger partial charge in [-0.25, -0.2) is 4.98 Å². The van der Waals surface area contributed by atoms with Gasteiger partial charge in [0.05, 0.1) is 24.6 Å². The first-order chi connectivity index (χ1) is 8.28. The normalized spacial score (nSPS) is 16.0. The molecular weight excluding hydrogens is 214 g/mol. The number of aromatic nitrogens is 1. The highest BCUT2D eigenvalue weighted by Crippen LogP contribution is 2.48. The lowest BCUT2D eigenvalue weighted by Crippen LogP contribution is -2.14. The van der Waals surface area contributed by atoms with Crippen molar-refractivity contribution in [3.63, 3.8) is 0 Å². The van der Waals surface area contributed by atoms with Gasteiger partial charge in [-0.15, -0.1) is 0 Å². The number of ether oxygens (including phenoxy) is 1. The molecule has 1 aromatic heterocycles. The summed E-state index contributed by atoms with van der Waals surface area (Å²) in [6.07, 6.45) is 4.72. The van der Waals surface area contributed by atoms with Gasteiger partial charge in [-0.3, -0.25) is 0 Å². The van der Waals surface area contributed by atoms with Crippen molar-refractivity contribution in [2.75, 3.05) is 18.5 Å². The zero-order valence-electron chi connectivity index (χ0n) is 10.1. The Bertz CT molecular complexity index is 404. The average molecular weight is 231 g/mol. The summed E-state index contributed by atoms with van der Waals surface area (Å²) in [7, 11) is 0. The second-order valence-electron chi connectivity index (χ2n) is 4.51. The molecule has 4 nitrogen and oxygen atoms in total. The van der Waals surface area contributed by atoms with Crippen LogP contribution in [0.2, 0.25) is 0 Å². The first kappa shape index (κ1) is 11.7. The minimum atomic E-state index is 0.216. The minimum absolute atomic E-state index is 0.216. The van der Waals surface area contributed by atoms with Gasteiger partial charge in [0, 0.05) is 24.4 Å². The standard InChI is InChI=1S/C13H17N3O/c1-2-17-12-4-3-11(9-15-12)16-10-13(5-6-13)7-8-14/h3-4,9,16H,2,5-7,10H2,1H3. The number of nitrogens with zero attached hydrogens (tertiary/aromatic N) is 2. The molecule has 2 rings (SSSR count). The molecule has 1 aliphatic rings. The molecule has 0 radical (unpaired) electrons. The molecule has 0 saturated heterocycles. The van der Waals surface area contributed by atoms with Gasteiger partial charge < -0.3 is 10.1 Å². The average Bonchev–Trinajstić information content (AvgIpc) is 3.10. The first-order valence-electron chi connectivity index (χ1n) is 5.98. The van der Waals surface area contributed by atoms with Gasteiger partial charge in [-0.1, -0.05) is 0 Å². The maximum absolute atomic E-state index is 8.73. The molecule has 0 aliphatic heterocycles. The zero-order chi connectivity index (χ0) is 12.1. The number of rotatable bonds is 6. The molecule has 1 heterocycles. The first-order valence-corrected chi connectivity index (χ1v) is 5.98. The topological polar surface area (TPSA) is 57.9 Å². The number of hydrogen-bond donors (Lipinski definition) is 1. The van der Waals surface area contributed by atoms with E-state index in [9.17, 15) is 0 Å². The van der Waals surface area contributed by atoms with E-state index in [1.807, 2.05) is 19.1 Å². The van der Waals surface area contributed by atoms with Gasteiger partial charge in [-0.05, 0) is 25.8 Å². The third-order valence-electron chi connectivity index (χ3n) is 3.11. The van der Waals surface area contributed by atoms with Crippen molar-refractivity contribution in [2.45, 2.75) is 26.2 Å². The Morgan fingerprint density at radius 1 is 1.53 bits per heavy atom. The van der Waals surface area contributed by atoms with Crippen LogP contribution in [0, 0.1) is 16.7 Å². The second kappa shape index (κ2) is 5.05. The van der Waals surface area contributed by atoms with Crippen molar-refractivity contribution >= 4 is 5.69 Å². The van der Waals surface area contributed by atoms with E-state index < -0.39 is 0 Å². The molecule has 1 fully saturated rings. The molecule has 1 saturated carbocycles. The van der Waals surface area contributed by atoms with Crippen molar-refractivity contribution in [1.82, 2.24) is 4.98 Å². The predicted molar refractivity (Wildman–Crippen MR) is 65.8 cm³/mol. The summed E-state index contributed by atoms with van der Waals surface area (Å²) in [6, 6.07) is 6.07. The Balaban J connectivity index is 1.85. The second-order valence-corrected chi connectivity index (χ2v) is 4.51. The summed E-state index contributed by atoms with van der Waals surface area (Å²) in [6.45, 7) is 3.42. The molecule has 1 N–H and O–H groups in total. The van der Waals surface area contributed by atoms with Crippen LogP contribution in [0.1, 0.15) is 26.2 Å². The van der Waals surface area contributed by atoms with Gasteiger partial charge >= 0.3 is 0 Å². The third-order valence-corrected chi connectivity index (χ3v) is 3.11. The Kier molecular flexibility index (Phi) is 3.48. The molecule has 1 aliphatic carbocycles. The summed E-state index contributed by atoms with van der Waals surface area (Å²) in [5, 5.41) is 12.1. The SMILES string of the molecule is CCOc1ccc(NCC2(CC#N)CC2)cn1. The van der Waals surface area contributed by atoms with Crippen LogP contribution in [0.15, 0.2) is 18.3 Å². The van der Waals surface area contributed by atoms with Crippen molar-refractivity contribution in [2.24, 2.45) is 5.41 Å². The van der Waals surface area contributed by atoms with Crippen LogP contribution in [0.25, 0.3) is 0 Å². The van der Waals surface area contributed by atoms with Crippen molar-refractivity contribution in [1.29, 1.82) is 5.26 Å². The van der Waals surface area contributed by atoms with Crippen molar-refractivity contribution < 1.29 is 4.74 Å². The van der Waals surface area contributed by atoms with Gasteiger partial charge in [0.2, 0.25) is 5.88 Å². The maximum atomic E-state index is 8.73. The number of pyridine rings is 1.